The molecule has 0 bridgehead atoms. The van der Waals surface area contributed by atoms with Crippen molar-refractivity contribution in [3.05, 3.63) is 74.1 Å². The number of hydrogen-bond acceptors (Lipinski definition) is 3. The fourth-order valence-electron chi connectivity index (χ4n) is 3.34. The number of pyridine rings is 2. The molecule has 3 aromatic heterocycles. The minimum atomic E-state index is -0.249. The van der Waals surface area contributed by atoms with Crippen LogP contribution in [0.2, 0.25) is 0 Å². The third-order valence-corrected chi connectivity index (χ3v) is 5.59. The molecule has 3 heterocycles. The van der Waals surface area contributed by atoms with Gasteiger partial charge in [0, 0.05) is 18.4 Å². The van der Waals surface area contributed by atoms with E-state index >= 15 is 0 Å². The van der Waals surface area contributed by atoms with Gasteiger partial charge in [-0.25, -0.2) is 0 Å². The largest absolute Gasteiger partial charge is 0.335 e. The van der Waals surface area contributed by atoms with Crippen LogP contribution >= 0.6 is 11.3 Å². The molecule has 4 rings (SSSR count). The third kappa shape index (κ3) is 2.27. The molecule has 0 atom stereocenters. The molecule has 4 nitrogen and oxygen atoms in total. The van der Waals surface area contributed by atoms with E-state index in [0.29, 0.717) is 10.9 Å². The average molecular weight is 350 g/mol. The van der Waals surface area contributed by atoms with Gasteiger partial charge in [0.2, 0.25) is 5.43 Å². The zero-order valence-corrected chi connectivity index (χ0v) is 15.1. The Bertz CT molecular complexity index is 1210. The Hall–Kier alpha value is -2.66. The van der Waals surface area contributed by atoms with E-state index in [-0.39, 0.29) is 22.3 Å². The molecule has 0 unspecified atom stereocenters. The van der Waals surface area contributed by atoms with Crippen LogP contribution in [0, 0.1) is 0 Å². The molecule has 126 valence electrons. The van der Waals surface area contributed by atoms with Crippen LogP contribution in [0.5, 0.6) is 0 Å². The first-order valence-corrected chi connectivity index (χ1v) is 9.10. The van der Waals surface area contributed by atoms with E-state index in [1.165, 1.54) is 11.3 Å². The summed E-state index contributed by atoms with van der Waals surface area (Å²) in [6.45, 7) is 4.11. The molecule has 25 heavy (non-hydrogen) atoms. The molecule has 0 aliphatic rings. The highest BCUT2D eigenvalue weighted by Gasteiger charge is 2.19. The summed E-state index contributed by atoms with van der Waals surface area (Å²) in [5, 5.41) is 2.75. The fourth-order valence-corrected chi connectivity index (χ4v) is 4.22. The first-order chi connectivity index (χ1) is 12.0. The van der Waals surface area contributed by atoms with Crippen molar-refractivity contribution in [3.8, 4) is 5.69 Å². The number of aromatic nitrogens is 2. The van der Waals surface area contributed by atoms with Crippen LogP contribution in [0.15, 0.2) is 57.4 Å². The normalized spacial score (nSPS) is 11.7. The molecule has 0 fully saturated rings. The van der Waals surface area contributed by atoms with E-state index in [4.69, 9.17) is 0 Å². The third-order valence-electron chi connectivity index (χ3n) is 4.60. The van der Waals surface area contributed by atoms with Gasteiger partial charge in [0.25, 0.3) is 5.56 Å². The molecular weight excluding hydrogens is 332 g/mol. The lowest BCUT2D eigenvalue weighted by molar-refractivity contribution is 0.762. The maximum atomic E-state index is 13.3. The number of thiophene rings is 1. The van der Waals surface area contributed by atoms with Gasteiger partial charge in [0.15, 0.2) is 0 Å². The van der Waals surface area contributed by atoms with Crippen molar-refractivity contribution in [2.45, 2.75) is 19.8 Å². The molecule has 0 spiro atoms. The van der Waals surface area contributed by atoms with Crippen molar-refractivity contribution in [2.75, 3.05) is 0 Å². The van der Waals surface area contributed by atoms with Gasteiger partial charge in [0.1, 0.15) is 10.2 Å². The standard InChI is InChI=1S/C20H18N2O2S/c1-12(2)15-11-16-17(18(23)14-9-10-25-20(14)21(16)3)19(24)22(15)13-7-5-4-6-8-13/h4-12H,1-3H3. The summed E-state index contributed by atoms with van der Waals surface area (Å²) in [5.74, 6) is 0.145. The predicted molar refractivity (Wildman–Crippen MR) is 104 cm³/mol. The van der Waals surface area contributed by atoms with Crippen molar-refractivity contribution in [2.24, 2.45) is 7.05 Å². The predicted octanol–water partition coefficient (Wildman–Crippen LogP) is 4.03. The number of fused-ring (bicyclic) bond motifs is 2. The molecule has 1 aromatic carbocycles. The number of nitrogens with zero attached hydrogens (tertiary/aromatic N) is 2. The van der Waals surface area contributed by atoms with Gasteiger partial charge >= 0.3 is 0 Å². The Morgan fingerprint density at radius 2 is 1.76 bits per heavy atom. The minimum absolute atomic E-state index is 0.145. The molecule has 4 aromatic rings. The second-order valence-corrected chi connectivity index (χ2v) is 7.38. The van der Waals surface area contributed by atoms with E-state index in [9.17, 15) is 9.59 Å². The van der Waals surface area contributed by atoms with Crippen molar-refractivity contribution in [1.82, 2.24) is 9.13 Å². The Morgan fingerprint density at radius 3 is 2.44 bits per heavy atom. The molecular formula is C20H18N2O2S. The van der Waals surface area contributed by atoms with Crippen molar-refractivity contribution >= 4 is 32.5 Å². The lowest BCUT2D eigenvalue weighted by atomic mass is 10.1. The van der Waals surface area contributed by atoms with Gasteiger partial charge < -0.3 is 4.57 Å². The van der Waals surface area contributed by atoms with Crippen LogP contribution in [0.3, 0.4) is 0 Å². The molecule has 0 radical (unpaired) electrons. The number of aryl methyl sites for hydroxylation is 1. The van der Waals surface area contributed by atoms with Crippen LogP contribution in [-0.4, -0.2) is 9.13 Å². The summed E-state index contributed by atoms with van der Waals surface area (Å²) in [4.78, 5) is 27.2. The number of para-hydroxylation sites is 1. The number of rotatable bonds is 2. The Balaban J connectivity index is 2.27. The molecule has 0 saturated heterocycles. The summed E-state index contributed by atoms with van der Waals surface area (Å²) in [6, 6.07) is 13.3. The fraction of sp³-hybridized carbons (Fsp3) is 0.200. The molecule has 0 saturated carbocycles. The topological polar surface area (TPSA) is 44.0 Å². The number of hydrogen-bond donors (Lipinski definition) is 0. The van der Waals surface area contributed by atoms with Crippen LogP contribution in [0.25, 0.3) is 26.8 Å². The summed E-state index contributed by atoms with van der Waals surface area (Å²) >= 11 is 1.52. The lowest BCUT2D eigenvalue weighted by Crippen LogP contribution is -2.28. The molecule has 5 heteroatoms. The van der Waals surface area contributed by atoms with Crippen molar-refractivity contribution < 1.29 is 0 Å². The van der Waals surface area contributed by atoms with Crippen LogP contribution in [0.4, 0.5) is 0 Å². The van der Waals surface area contributed by atoms with Gasteiger partial charge in [-0.1, -0.05) is 32.0 Å². The SMILES string of the molecule is CC(C)c1cc2c(c(=O)c3ccsc3n2C)c(=O)n1-c1ccccc1. The minimum Gasteiger partial charge on any atom is -0.335 e. The van der Waals surface area contributed by atoms with Crippen LogP contribution < -0.4 is 11.0 Å². The van der Waals surface area contributed by atoms with Gasteiger partial charge in [-0.15, -0.1) is 11.3 Å². The van der Waals surface area contributed by atoms with Gasteiger partial charge in [0.05, 0.1) is 10.9 Å². The van der Waals surface area contributed by atoms with E-state index in [1.54, 1.807) is 10.6 Å². The smallest absolute Gasteiger partial charge is 0.268 e. The summed E-state index contributed by atoms with van der Waals surface area (Å²) < 4.78 is 3.63. The van der Waals surface area contributed by atoms with Gasteiger partial charge in [-0.3, -0.25) is 14.2 Å². The highest BCUT2D eigenvalue weighted by molar-refractivity contribution is 7.16. The van der Waals surface area contributed by atoms with Gasteiger partial charge in [-0.05, 0) is 35.6 Å². The van der Waals surface area contributed by atoms with Crippen LogP contribution in [-0.2, 0) is 7.05 Å². The monoisotopic (exact) mass is 350 g/mol. The Morgan fingerprint density at radius 1 is 1.04 bits per heavy atom. The summed E-state index contributed by atoms with van der Waals surface area (Å²) in [6.07, 6.45) is 0. The van der Waals surface area contributed by atoms with Crippen molar-refractivity contribution in [3.63, 3.8) is 0 Å². The quantitative estimate of drug-likeness (QED) is 0.548. The van der Waals surface area contributed by atoms with Gasteiger partial charge in [-0.2, -0.15) is 0 Å². The molecule has 0 aliphatic carbocycles. The van der Waals surface area contributed by atoms with Crippen molar-refractivity contribution in [1.29, 1.82) is 0 Å². The first kappa shape index (κ1) is 15.8. The number of benzene rings is 1. The van der Waals surface area contributed by atoms with Crippen LogP contribution in [0.1, 0.15) is 25.5 Å². The van der Waals surface area contributed by atoms with E-state index in [2.05, 4.69) is 13.8 Å². The molecule has 0 aliphatic heterocycles. The summed E-state index contributed by atoms with van der Waals surface area (Å²) in [7, 11) is 1.91. The molecule has 0 amide bonds. The zero-order valence-electron chi connectivity index (χ0n) is 14.3. The first-order valence-electron chi connectivity index (χ1n) is 8.22. The highest BCUT2D eigenvalue weighted by atomic mass is 32.1. The highest BCUT2D eigenvalue weighted by Crippen LogP contribution is 2.25. The lowest BCUT2D eigenvalue weighted by Gasteiger charge is -2.18. The maximum Gasteiger partial charge on any atom is 0.268 e. The van der Waals surface area contributed by atoms with E-state index < -0.39 is 0 Å². The maximum absolute atomic E-state index is 13.3. The molecule has 0 N–H and O–H groups in total. The Labute approximate surface area is 148 Å². The average Bonchev–Trinajstić information content (AvgIpc) is 3.10. The second kappa shape index (κ2) is 5.70. The Kier molecular flexibility index (Phi) is 3.62. The zero-order chi connectivity index (χ0) is 17.7. The van der Waals surface area contributed by atoms with E-state index in [0.717, 1.165) is 16.2 Å². The van der Waals surface area contributed by atoms with E-state index in [1.807, 2.05) is 53.4 Å². The second-order valence-electron chi connectivity index (χ2n) is 6.49. The summed E-state index contributed by atoms with van der Waals surface area (Å²) in [5.41, 5.74) is 1.94.